The summed E-state index contributed by atoms with van der Waals surface area (Å²) in [5.41, 5.74) is 6.67. The highest BCUT2D eigenvalue weighted by molar-refractivity contribution is 6.05. The molecule has 0 fully saturated rings. The fraction of sp³-hybridized carbons (Fsp3) is 0.182. The number of nitrogens with zero attached hydrogens (tertiary/aromatic N) is 1. The first-order valence-electron chi connectivity index (χ1n) is 4.36. The SMILES string of the molecule is NC1(C2=N/C=C\C=C\C=C2)C=CC1. The van der Waals surface area contributed by atoms with Gasteiger partial charge in [0.15, 0.2) is 0 Å². The Morgan fingerprint density at radius 3 is 2.69 bits per heavy atom. The zero-order chi connectivity index (χ0) is 9.15. The number of hydrogen-bond donors (Lipinski definition) is 1. The van der Waals surface area contributed by atoms with Crippen LogP contribution in [0.25, 0.3) is 0 Å². The minimum absolute atomic E-state index is 0.327. The maximum atomic E-state index is 6.07. The minimum Gasteiger partial charge on any atom is -0.317 e. The van der Waals surface area contributed by atoms with Gasteiger partial charge in [0.1, 0.15) is 0 Å². The van der Waals surface area contributed by atoms with Gasteiger partial charge in [0.2, 0.25) is 0 Å². The molecule has 0 spiro atoms. The molecule has 0 saturated carbocycles. The fourth-order valence-corrected chi connectivity index (χ4v) is 1.33. The molecular weight excluding hydrogens is 160 g/mol. The van der Waals surface area contributed by atoms with Gasteiger partial charge in [0.25, 0.3) is 0 Å². The Kier molecular flexibility index (Phi) is 1.99. The van der Waals surface area contributed by atoms with Crippen molar-refractivity contribution in [3.05, 3.63) is 48.7 Å². The first-order valence-corrected chi connectivity index (χ1v) is 4.36. The van der Waals surface area contributed by atoms with Crippen LogP contribution in [0.5, 0.6) is 0 Å². The molecule has 13 heavy (non-hydrogen) atoms. The molecule has 1 atom stereocenters. The summed E-state index contributed by atoms with van der Waals surface area (Å²) in [6.45, 7) is 0. The third kappa shape index (κ3) is 1.53. The molecule has 0 saturated heterocycles. The van der Waals surface area contributed by atoms with Crippen molar-refractivity contribution in [2.24, 2.45) is 10.7 Å². The topological polar surface area (TPSA) is 38.4 Å². The largest absolute Gasteiger partial charge is 0.317 e. The molecule has 0 aromatic rings. The van der Waals surface area contributed by atoms with Crippen LogP contribution in [0.3, 0.4) is 0 Å². The highest BCUT2D eigenvalue weighted by Gasteiger charge is 2.30. The summed E-state index contributed by atoms with van der Waals surface area (Å²) in [5, 5.41) is 0. The summed E-state index contributed by atoms with van der Waals surface area (Å²) in [5.74, 6) is 0. The van der Waals surface area contributed by atoms with E-state index in [-0.39, 0.29) is 5.54 Å². The molecule has 1 aliphatic carbocycles. The first-order chi connectivity index (χ1) is 6.31. The van der Waals surface area contributed by atoms with Crippen LogP contribution in [0.15, 0.2) is 53.7 Å². The van der Waals surface area contributed by atoms with E-state index in [9.17, 15) is 0 Å². The lowest BCUT2D eigenvalue weighted by Gasteiger charge is -2.31. The van der Waals surface area contributed by atoms with Gasteiger partial charge in [0, 0.05) is 6.20 Å². The van der Waals surface area contributed by atoms with Crippen LogP contribution in [0, 0.1) is 0 Å². The smallest absolute Gasteiger partial charge is 0.0803 e. The Labute approximate surface area is 77.9 Å². The zero-order valence-corrected chi connectivity index (χ0v) is 7.35. The van der Waals surface area contributed by atoms with Gasteiger partial charge in [-0.05, 0) is 18.6 Å². The van der Waals surface area contributed by atoms with Gasteiger partial charge in [-0.3, -0.25) is 4.99 Å². The third-order valence-electron chi connectivity index (χ3n) is 2.23. The molecule has 2 aliphatic rings. The van der Waals surface area contributed by atoms with E-state index in [0.29, 0.717) is 0 Å². The molecule has 66 valence electrons. The Bertz CT molecular complexity index is 345. The molecular formula is C11H12N2. The predicted octanol–water partition coefficient (Wildman–Crippen LogP) is 1.72. The Morgan fingerprint density at radius 1 is 1.23 bits per heavy atom. The molecule has 0 radical (unpaired) electrons. The number of rotatable bonds is 1. The summed E-state index contributed by atoms with van der Waals surface area (Å²) < 4.78 is 0. The van der Waals surface area contributed by atoms with Crippen molar-refractivity contribution in [2.45, 2.75) is 12.0 Å². The normalized spacial score (nSPS) is 35.6. The average molecular weight is 172 g/mol. The molecule has 1 unspecified atom stereocenters. The Morgan fingerprint density at radius 2 is 2.00 bits per heavy atom. The zero-order valence-electron chi connectivity index (χ0n) is 7.35. The van der Waals surface area contributed by atoms with E-state index in [1.807, 2.05) is 36.5 Å². The van der Waals surface area contributed by atoms with E-state index < -0.39 is 0 Å². The molecule has 0 aromatic heterocycles. The molecule has 2 N–H and O–H groups in total. The first kappa shape index (κ1) is 8.20. The van der Waals surface area contributed by atoms with Gasteiger partial charge >= 0.3 is 0 Å². The lowest BCUT2D eigenvalue weighted by molar-refractivity contribution is 0.655. The summed E-state index contributed by atoms with van der Waals surface area (Å²) >= 11 is 0. The number of hydrogen-bond acceptors (Lipinski definition) is 2. The second-order valence-electron chi connectivity index (χ2n) is 3.25. The van der Waals surface area contributed by atoms with Crippen molar-refractivity contribution in [1.29, 1.82) is 0 Å². The molecule has 0 bridgehead atoms. The highest BCUT2D eigenvalue weighted by Crippen LogP contribution is 2.22. The molecule has 1 aliphatic heterocycles. The van der Waals surface area contributed by atoms with E-state index >= 15 is 0 Å². The Balaban J connectivity index is 2.27. The van der Waals surface area contributed by atoms with Crippen molar-refractivity contribution < 1.29 is 0 Å². The number of allylic oxidation sites excluding steroid dienone is 4. The van der Waals surface area contributed by atoms with Gasteiger partial charge in [-0.15, -0.1) is 0 Å². The van der Waals surface area contributed by atoms with Crippen LogP contribution in [0.2, 0.25) is 0 Å². The van der Waals surface area contributed by atoms with E-state index in [2.05, 4.69) is 11.1 Å². The third-order valence-corrected chi connectivity index (χ3v) is 2.23. The monoisotopic (exact) mass is 172 g/mol. The van der Waals surface area contributed by atoms with Crippen molar-refractivity contribution in [3.63, 3.8) is 0 Å². The molecule has 2 heteroatoms. The summed E-state index contributed by atoms with van der Waals surface area (Å²) in [4.78, 5) is 4.30. The summed E-state index contributed by atoms with van der Waals surface area (Å²) in [7, 11) is 0. The minimum atomic E-state index is -0.327. The van der Waals surface area contributed by atoms with Gasteiger partial charge in [-0.25, -0.2) is 0 Å². The predicted molar refractivity (Wildman–Crippen MR) is 55.5 cm³/mol. The lowest BCUT2D eigenvalue weighted by Crippen LogP contribution is -2.48. The van der Waals surface area contributed by atoms with E-state index in [0.717, 1.165) is 12.1 Å². The lowest BCUT2D eigenvalue weighted by atomic mass is 9.81. The van der Waals surface area contributed by atoms with Crippen LogP contribution in [-0.4, -0.2) is 11.3 Å². The van der Waals surface area contributed by atoms with Crippen LogP contribution in [-0.2, 0) is 0 Å². The highest BCUT2D eigenvalue weighted by atomic mass is 14.8. The van der Waals surface area contributed by atoms with Crippen LogP contribution >= 0.6 is 0 Å². The van der Waals surface area contributed by atoms with E-state index in [4.69, 9.17) is 5.73 Å². The second-order valence-corrected chi connectivity index (χ2v) is 3.25. The van der Waals surface area contributed by atoms with Crippen molar-refractivity contribution in [1.82, 2.24) is 0 Å². The molecule has 1 heterocycles. The fourth-order valence-electron chi connectivity index (χ4n) is 1.33. The van der Waals surface area contributed by atoms with Crippen LogP contribution in [0.1, 0.15) is 6.42 Å². The van der Waals surface area contributed by atoms with Gasteiger partial charge in [0.05, 0.1) is 11.3 Å². The quantitative estimate of drug-likeness (QED) is 0.601. The maximum absolute atomic E-state index is 6.07. The second kappa shape index (κ2) is 3.15. The van der Waals surface area contributed by atoms with Gasteiger partial charge in [-0.1, -0.05) is 30.4 Å². The molecule has 2 rings (SSSR count). The summed E-state index contributed by atoms with van der Waals surface area (Å²) in [6, 6.07) is 0. The van der Waals surface area contributed by atoms with Crippen molar-refractivity contribution in [2.75, 3.05) is 0 Å². The standard InChI is InChI=1S/C11H12N2/c12-11(7-5-8-11)10-6-3-1-2-4-9-13-10/h1-7,9H,8,12H2/b2-1+,3-1?,4-2?,6-3?,9-4-,10-6?,13-9?,13-10?. The number of aliphatic imine (C=N–C) groups is 1. The van der Waals surface area contributed by atoms with E-state index in [1.54, 1.807) is 6.20 Å². The van der Waals surface area contributed by atoms with Crippen molar-refractivity contribution >= 4 is 5.71 Å². The van der Waals surface area contributed by atoms with Crippen LogP contribution in [0.4, 0.5) is 0 Å². The maximum Gasteiger partial charge on any atom is 0.0803 e. The molecule has 2 nitrogen and oxygen atoms in total. The van der Waals surface area contributed by atoms with E-state index in [1.165, 1.54) is 0 Å². The van der Waals surface area contributed by atoms with Gasteiger partial charge < -0.3 is 5.73 Å². The average Bonchev–Trinajstić information content (AvgIpc) is 1.99. The van der Waals surface area contributed by atoms with Crippen molar-refractivity contribution in [3.8, 4) is 0 Å². The summed E-state index contributed by atoms with van der Waals surface area (Å²) in [6.07, 6.45) is 16.4. The Hall–Kier alpha value is -1.41. The molecule has 0 amide bonds. The number of nitrogens with two attached hydrogens (primary N) is 1. The molecule has 0 aromatic carbocycles. The van der Waals surface area contributed by atoms with Gasteiger partial charge in [-0.2, -0.15) is 0 Å². The van der Waals surface area contributed by atoms with Crippen LogP contribution < -0.4 is 5.73 Å².